The third-order valence-corrected chi connectivity index (χ3v) is 4.43. The van der Waals surface area contributed by atoms with Gasteiger partial charge in [0.15, 0.2) is 5.69 Å². The van der Waals surface area contributed by atoms with Gasteiger partial charge in [0.25, 0.3) is 5.91 Å². The number of nitrogens with zero attached hydrogens (tertiary/aromatic N) is 3. The van der Waals surface area contributed by atoms with Crippen LogP contribution in [0.2, 0.25) is 0 Å². The molecule has 6 nitrogen and oxygen atoms in total. The van der Waals surface area contributed by atoms with Crippen LogP contribution in [-0.4, -0.2) is 15.7 Å². The summed E-state index contributed by atoms with van der Waals surface area (Å²) in [6, 6.07) is 20.0. The van der Waals surface area contributed by atoms with Crippen molar-refractivity contribution in [2.75, 3.05) is 11.1 Å². The molecule has 0 saturated heterocycles. The molecule has 0 aliphatic carbocycles. The first-order valence-corrected chi connectivity index (χ1v) is 8.72. The highest BCUT2D eigenvalue weighted by Gasteiger charge is 2.08. The van der Waals surface area contributed by atoms with Crippen molar-refractivity contribution in [1.82, 2.24) is 9.78 Å². The van der Waals surface area contributed by atoms with Gasteiger partial charge in [0.1, 0.15) is 0 Å². The highest BCUT2D eigenvalue weighted by Crippen LogP contribution is 2.21. The first kappa shape index (κ1) is 17.3. The van der Waals surface area contributed by atoms with Gasteiger partial charge in [0.2, 0.25) is 0 Å². The number of hydrogen-bond donors (Lipinski definition) is 2. The Hall–Kier alpha value is -4.11. The molecule has 0 aliphatic heterocycles. The van der Waals surface area contributed by atoms with Gasteiger partial charge in [-0.15, -0.1) is 0 Å². The van der Waals surface area contributed by atoms with E-state index in [1.165, 1.54) is 0 Å². The Morgan fingerprint density at radius 2 is 1.89 bits per heavy atom. The summed E-state index contributed by atoms with van der Waals surface area (Å²) in [5.41, 5.74) is 10.0. The molecular weight excluding hydrogens is 350 g/mol. The van der Waals surface area contributed by atoms with Gasteiger partial charge in [-0.25, -0.2) is 4.85 Å². The average molecular weight is 367 g/mol. The van der Waals surface area contributed by atoms with E-state index in [1.54, 1.807) is 30.3 Å². The van der Waals surface area contributed by atoms with Crippen LogP contribution in [0, 0.1) is 6.57 Å². The van der Waals surface area contributed by atoms with E-state index in [2.05, 4.69) is 15.3 Å². The summed E-state index contributed by atoms with van der Waals surface area (Å²) in [6.07, 6.45) is 1.92. The number of nitrogen functional groups attached to an aromatic ring is 1. The number of carbonyl (C=O) groups is 1. The SMILES string of the molecule is [C-]#[N+]c1ccc2nn(Cc3ccc(C(=O)Nc4ccccc4N)cc3)cc2c1. The standard InChI is InChI=1S/C22H17N5O/c1-24-18-10-11-20-17(12-18)14-27(26-20)13-15-6-8-16(9-7-15)22(28)25-21-5-3-2-4-19(21)23/h2-12,14H,13,23H2,(H,25,28). The molecule has 1 aromatic heterocycles. The molecule has 6 heteroatoms. The van der Waals surface area contributed by atoms with Crippen molar-refractivity contribution in [2.24, 2.45) is 0 Å². The van der Waals surface area contributed by atoms with Crippen LogP contribution in [0.5, 0.6) is 0 Å². The number of carbonyl (C=O) groups excluding carboxylic acids is 1. The predicted octanol–water partition coefficient (Wildman–Crippen LogP) is 4.47. The molecule has 4 aromatic rings. The van der Waals surface area contributed by atoms with Gasteiger partial charge in [-0.05, 0) is 42.0 Å². The number of aromatic nitrogens is 2. The van der Waals surface area contributed by atoms with Crippen molar-refractivity contribution in [1.29, 1.82) is 0 Å². The van der Waals surface area contributed by atoms with Gasteiger partial charge in [-0.2, -0.15) is 5.10 Å². The number of para-hydroxylation sites is 2. The minimum Gasteiger partial charge on any atom is -0.397 e. The molecule has 0 aliphatic rings. The maximum atomic E-state index is 12.4. The molecule has 0 bridgehead atoms. The number of nitrogens with two attached hydrogens (primary N) is 1. The third-order valence-electron chi connectivity index (χ3n) is 4.43. The summed E-state index contributed by atoms with van der Waals surface area (Å²) in [5, 5.41) is 8.28. The van der Waals surface area contributed by atoms with Crippen LogP contribution in [0.3, 0.4) is 0 Å². The maximum absolute atomic E-state index is 12.4. The molecule has 1 heterocycles. The summed E-state index contributed by atoms with van der Waals surface area (Å²) in [6.45, 7) is 7.68. The van der Waals surface area contributed by atoms with Crippen molar-refractivity contribution in [2.45, 2.75) is 6.54 Å². The van der Waals surface area contributed by atoms with E-state index >= 15 is 0 Å². The largest absolute Gasteiger partial charge is 0.397 e. The van der Waals surface area contributed by atoms with E-state index in [4.69, 9.17) is 12.3 Å². The maximum Gasteiger partial charge on any atom is 0.255 e. The van der Waals surface area contributed by atoms with Crippen molar-refractivity contribution < 1.29 is 4.79 Å². The zero-order valence-corrected chi connectivity index (χ0v) is 15.0. The van der Waals surface area contributed by atoms with Crippen molar-refractivity contribution in [3.05, 3.63) is 95.5 Å². The number of hydrogen-bond acceptors (Lipinski definition) is 3. The van der Waals surface area contributed by atoms with Crippen molar-refractivity contribution >= 4 is 33.9 Å². The van der Waals surface area contributed by atoms with E-state index < -0.39 is 0 Å². The Bertz CT molecular complexity index is 1200. The monoisotopic (exact) mass is 367 g/mol. The Morgan fingerprint density at radius 1 is 1.11 bits per heavy atom. The fraction of sp³-hybridized carbons (Fsp3) is 0.0455. The van der Waals surface area contributed by atoms with Crippen LogP contribution in [0.1, 0.15) is 15.9 Å². The number of amides is 1. The zero-order valence-electron chi connectivity index (χ0n) is 15.0. The second-order valence-electron chi connectivity index (χ2n) is 6.42. The van der Waals surface area contributed by atoms with Gasteiger partial charge in [-0.1, -0.05) is 30.3 Å². The topological polar surface area (TPSA) is 77.3 Å². The Balaban J connectivity index is 1.48. The fourth-order valence-electron chi connectivity index (χ4n) is 2.97. The van der Waals surface area contributed by atoms with Crippen LogP contribution < -0.4 is 11.1 Å². The molecule has 4 rings (SSSR count). The van der Waals surface area contributed by atoms with E-state index in [1.807, 2.05) is 47.3 Å². The molecule has 0 unspecified atom stereocenters. The van der Waals surface area contributed by atoms with Crippen LogP contribution >= 0.6 is 0 Å². The molecule has 0 atom stereocenters. The molecule has 136 valence electrons. The molecule has 0 saturated carbocycles. The second kappa shape index (κ2) is 7.25. The normalized spacial score (nSPS) is 10.5. The van der Waals surface area contributed by atoms with E-state index in [0.29, 0.717) is 29.2 Å². The molecule has 28 heavy (non-hydrogen) atoms. The predicted molar refractivity (Wildman–Crippen MR) is 110 cm³/mol. The lowest BCUT2D eigenvalue weighted by Crippen LogP contribution is -2.13. The molecule has 0 radical (unpaired) electrons. The summed E-state index contributed by atoms with van der Waals surface area (Å²) < 4.78 is 1.83. The highest BCUT2D eigenvalue weighted by molar-refractivity contribution is 6.05. The molecule has 3 aromatic carbocycles. The Morgan fingerprint density at radius 3 is 2.64 bits per heavy atom. The van der Waals surface area contributed by atoms with Crippen molar-refractivity contribution in [3.63, 3.8) is 0 Å². The van der Waals surface area contributed by atoms with Gasteiger partial charge in [-0.3, -0.25) is 9.48 Å². The van der Waals surface area contributed by atoms with Crippen LogP contribution in [-0.2, 0) is 6.54 Å². The summed E-state index contributed by atoms with van der Waals surface area (Å²) in [4.78, 5) is 15.8. The van der Waals surface area contributed by atoms with Crippen LogP contribution in [0.4, 0.5) is 17.1 Å². The lowest BCUT2D eigenvalue weighted by Gasteiger charge is -2.08. The summed E-state index contributed by atoms with van der Waals surface area (Å²) in [7, 11) is 0. The molecule has 3 N–H and O–H groups in total. The lowest BCUT2D eigenvalue weighted by molar-refractivity contribution is 0.102. The van der Waals surface area contributed by atoms with E-state index in [9.17, 15) is 4.79 Å². The van der Waals surface area contributed by atoms with E-state index in [0.717, 1.165) is 16.5 Å². The Labute approximate surface area is 162 Å². The van der Waals surface area contributed by atoms with E-state index in [-0.39, 0.29) is 5.91 Å². The fourth-order valence-corrected chi connectivity index (χ4v) is 2.97. The second-order valence-corrected chi connectivity index (χ2v) is 6.42. The van der Waals surface area contributed by atoms with Gasteiger partial charge in [0, 0.05) is 17.1 Å². The number of nitrogens with one attached hydrogen (secondary N) is 1. The molecule has 0 fully saturated rings. The number of benzene rings is 3. The van der Waals surface area contributed by atoms with Gasteiger partial charge >= 0.3 is 0 Å². The average Bonchev–Trinajstić information content (AvgIpc) is 3.11. The number of rotatable bonds is 4. The van der Waals surface area contributed by atoms with Gasteiger partial charge in [0.05, 0.1) is 30.0 Å². The lowest BCUT2D eigenvalue weighted by atomic mass is 10.1. The highest BCUT2D eigenvalue weighted by atomic mass is 16.1. The summed E-state index contributed by atoms with van der Waals surface area (Å²) >= 11 is 0. The van der Waals surface area contributed by atoms with Crippen molar-refractivity contribution in [3.8, 4) is 0 Å². The smallest absolute Gasteiger partial charge is 0.255 e. The van der Waals surface area contributed by atoms with Crippen LogP contribution in [0.15, 0.2) is 72.9 Å². The number of fused-ring (bicyclic) bond motifs is 1. The number of anilines is 2. The molecular formula is C22H17N5O. The van der Waals surface area contributed by atoms with Crippen LogP contribution in [0.25, 0.3) is 15.7 Å². The quantitative estimate of drug-likeness (QED) is 0.413. The molecule has 0 spiro atoms. The Kier molecular flexibility index (Phi) is 4.48. The minimum absolute atomic E-state index is 0.207. The third kappa shape index (κ3) is 3.55. The first-order chi connectivity index (χ1) is 13.6. The molecule has 1 amide bonds. The first-order valence-electron chi connectivity index (χ1n) is 8.72. The summed E-state index contributed by atoms with van der Waals surface area (Å²) in [5.74, 6) is -0.207. The minimum atomic E-state index is -0.207. The zero-order chi connectivity index (χ0) is 19.5. The van der Waals surface area contributed by atoms with Gasteiger partial charge < -0.3 is 11.1 Å².